The lowest BCUT2D eigenvalue weighted by atomic mass is 10.0. The van der Waals surface area contributed by atoms with Gasteiger partial charge in [0.1, 0.15) is 6.10 Å². The van der Waals surface area contributed by atoms with Crippen molar-refractivity contribution in [3.8, 4) is 0 Å². The smallest absolute Gasteiger partial charge is 0.306 e. The van der Waals surface area contributed by atoms with Gasteiger partial charge in [-0.25, -0.2) is 0 Å². The van der Waals surface area contributed by atoms with Crippen LogP contribution in [0.5, 0.6) is 0 Å². The van der Waals surface area contributed by atoms with E-state index in [1.54, 1.807) is 0 Å². The molecule has 1 aromatic carbocycles. The summed E-state index contributed by atoms with van der Waals surface area (Å²) in [6.45, 7) is 3.12. The molecule has 6 nitrogen and oxygen atoms in total. The van der Waals surface area contributed by atoms with E-state index in [4.69, 9.17) is 4.18 Å². The molecule has 0 aliphatic carbocycles. The molecule has 0 saturated carbocycles. The van der Waals surface area contributed by atoms with E-state index in [0.29, 0.717) is 25.9 Å². The number of benzene rings is 1. The van der Waals surface area contributed by atoms with Crippen LogP contribution in [0.15, 0.2) is 24.3 Å². The standard InChI is InChI=1S/C16H25NO5S/c1-13-5-7-14(8-6-13)15(22-23(4,19)20)9-11-17(2)12-10-16(18)21-3/h5-8,15H,9-12H2,1-4H3. The van der Waals surface area contributed by atoms with Gasteiger partial charge >= 0.3 is 5.97 Å². The van der Waals surface area contributed by atoms with Crippen LogP contribution >= 0.6 is 0 Å². The first-order valence-corrected chi connectivity index (χ1v) is 9.23. The Hall–Kier alpha value is -1.44. The fourth-order valence-electron chi connectivity index (χ4n) is 2.10. The molecule has 0 radical (unpaired) electrons. The van der Waals surface area contributed by atoms with Crippen molar-refractivity contribution in [1.82, 2.24) is 4.90 Å². The van der Waals surface area contributed by atoms with Crippen LogP contribution < -0.4 is 0 Å². The lowest BCUT2D eigenvalue weighted by molar-refractivity contribution is -0.140. The average molecular weight is 343 g/mol. The minimum atomic E-state index is -3.55. The molecule has 0 saturated heterocycles. The summed E-state index contributed by atoms with van der Waals surface area (Å²) >= 11 is 0. The molecule has 0 aliphatic rings. The van der Waals surface area contributed by atoms with Gasteiger partial charge in [-0.3, -0.25) is 8.98 Å². The molecule has 0 spiro atoms. The molecule has 0 aliphatic heterocycles. The number of ether oxygens (including phenoxy) is 1. The van der Waals surface area contributed by atoms with Gasteiger partial charge in [0.2, 0.25) is 0 Å². The molecule has 0 aromatic heterocycles. The predicted octanol–water partition coefficient (Wildman–Crippen LogP) is 1.90. The van der Waals surface area contributed by atoms with Crippen molar-refractivity contribution >= 4 is 16.1 Å². The zero-order valence-electron chi connectivity index (χ0n) is 14.1. The number of carbonyl (C=O) groups is 1. The Kier molecular flexibility index (Phi) is 7.67. The maximum atomic E-state index is 11.5. The van der Waals surface area contributed by atoms with Crippen molar-refractivity contribution in [2.45, 2.75) is 25.9 Å². The zero-order valence-corrected chi connectivity index (χ0v) is 14.9. The van der Waals surface area contributed by atoms with E-state index in [2.05, 4.69) is 4.74 Å². The van der Waals surface area contributed by atoms with E-state index in [-0.39, 0.29) is 5.97 Å². The molecule has 1 unspecified atom stereocenters. The monoisotopic (exact) mass is 343 g/mol. The van der Waals surface area contributed by atoms with Gasteiger partial charge in [0.15, 0.2) is 0 Å². The molecule has 1 atom stereocenters. The number of methoxy groups -OCH3 is 1. The normalized spacial score (nSPS) is 13.1. The summed E-state index contributed by atoms with van der Waals surface area (Å²) in [5.41, 5.74) is 1.92. The van der Waals surface area contributed by atoms with Crippen LogP contribution in [0.4, 0.5) is 0 Å². The van der Waals surface area contributed by atoms with E-state index in [1.165, 1.54) is 7.11 Å². The van der Waals surface area contributed by atoms with E-state index in [9.17, 15) is 13.2 Å². The van der Waals surface area contributed by atoms with Crippen molar-refractivity contribution in [2.75, 3.05) is 33.5 Å². The summed E-state index contributed by atoms with van der Waals surface area (Å²) in [5, 5.41) is 0. The second-order valence-electron chi connectivity index (χ2n) is 5.62. The molecular formula is C16H25NO5S. The van der Waals surface area contributed by atoms with Crippen LogP contribution in [0.25, 0.3) is 0 Å². The maximum absolute atomic E-state index is 11.5. The highest BCUT2D eigenvalue weighted by molar-refractivity contribution is 7.86. The summed E-state index contributed by atoms with van der Waals surface area (Å²) in [6, 6.07) is 7.60. The van der Waals surface area contributed by atoms with Gasteiger partial charge in [0.25, 0.3) is 10.1 Å². The van der Waals surface area contributed by atoms with Gasteiger partial charge in [-0.05, 0) is 26.0 Å². The molecule has 23 heavy (non-hydrogen) atoms. The van der Waals surface area contributed by atoms with E-state index in [1.807, 2.05) is 43.1 Å². The third-order valence-corrected chi connectivity index (χ3v) is 4.02. The first kappa shape index (κ1) is 19.6. The third-order valence-electron chi connectivity index (χ3n) is 3.44. The molecule has 130 valence electrons. The Labute approximate surface area is 138 Å². The Morgan fingerprint density at radius 2 is 1.83 bits per heavy atom. The topological polar surface area (TPSA) is 72.9 Å². The minimum absolute atomic E-state index is 0.265. The number of hydrogen-bond acceptors (Lipinski definition) is 6. The highest BCUT2D eigenvalue weighted by Gasteiger charge is 2.18. The van der Waals surface area contributed by atoms with Crippen LogP contribution in [0, 0.1) is 6.92 Å². The van der Waals surface area contributed by atoms with Crippen LogP contribution in [0.3, 0.4) is 0 Å². The fourth-order valence-corrected chi connectivity index (χ4v) is 2.73. The Morgan fingerprint density at radius 1 is 1.22 bits per heavy atom. The minimum Gasteiger partial charge on any atom is -0.469 e. The fraction of sp³-hybridized carbons (Fsp3) is 0.562. The number of aryl methyl sites for hydroxylation is 1. The number of carbonyl (C=O) groups excluding carboxylic acids is 1. The van der Waals surface area contributed by atoms with Crippen molar-refractivity contribution in [3.05, 3.63) is 35.4 Å². The first-order valence-electron chi connectivity index (χ1n) is 7.41. The van der Waals surface area contributed by atoms with Crippen LogP contribution in [0.1, 0.15) is 30.1 Å². The molecular weight excluding hydrogens is 318 g/mol. The van der Waals surface area contributed by atoms with E-state index >= 15 is 0 Å². The maximum Gasteiger partial charge on any atom is 0.306 e. The van der Waals surface area contributed by atoms with Gasteiger partial charge in [-0.15, -0.1) is 0 Å². The molecule has 1 rings (SSSR count). The number of esters is 1. The molecule has 0 amide bonds. The molecule has 7 heteroatoms. The first-order chi connectivity index (χ1) is 10.7. The third kappa shape index (κ3) is 8.11. The Morgan fingerprint density at radius 3 is 2.35 bits per heavy atom. The van der Waals surface area contributed by atoms with Crippen molar-refractivity contribution in [2.24, 2.45) is 0 Å². The van der Waals surface area contributed by atoms with E-state index in [0.717, 1.165) is 17.4 Å². The summed E-state index contributed by atoms with van der Waals surface area (Å²) in [4.78, 5) is 13.1. The highest BCUT2D eigenvalue weighted by Crippen LogP contribution is 2.24. The zero-order chi connectivity index (χ0) is 17.5. The lowest BCUT2D eigenvalue weighted by Crippen LogP contribution is -2.25. The summed E-state index contributed by atoms with van der Waals surface area (Å²) in [7, 11) is -0.324. The van der Waals surface area contributed by atoms with Crippen molar-refractivity contribution in [1.29, 1.82) is 0 Å². The van der Waals surface area contributed by atoms with Gasteiger partial charge in [-0.2, -0.15) is 8.42 Å². The number of rotatable bonds is 9. The molecule has 0 bridgehead atoms. The molecule has 0 heterocycles. The Bertz CT molecular complexity index is 597. The second-order valence-corrected chi connectivity index (χ2v) is 7.22. The lowest BCUT2D eigenvalue weighted by Gasteiger charge is -2.21. The Balaban J connectivity index is 2.66. The van der Waals surface area contributed by atoms with Crippen LogP contribution in [-0.2, 0) is 23.8 Å². The largest absolute Gasteiger partial charge is 0.469 e. The quantitative estimate of drug-likeness (QED) is 0.504. The number of nitrogens with zero attached hydrogens (tertiary/aromatic N) is 1. The molecule has 0 fully saturated rings. The summed E-state index contributed by atoms with van der Waals surface area (Å²) in [5.74, 6) is -0.265. The predicted molar refractivity (Wildman–Crippen MR) is 88.6 cm³/mol. The van der Waals surface area contributed by atoms with Gasteiger partial charge in [-0.1, -0.05) is 29.8 Å². The van der Waals surface area contributed by atoms with E-state index < -0.39 is 16.2 Å². The molecule has 1 aromatic rings. The van der Waals surface area contributed by atoms with Gasteiger partial charge < -0.3 is 9.64 Å². The summed E-state index contributed by atoms with van der Waals surface area (Å²) in [6.07, 6.45) is 1.32. The van der Waals surface area contributed by atoms with Crippen molar-refractivity contribution < 1.29 is 22.1 Å². The molecule has 0 N–H and O–H groups in total. The highest BCUT2D eigenvalue weighted by atomic mass is 32.2. The average Bonchev–Trinajstić information content (AvgIpc) is 2.48. The van der Waals surface area contributed by atoms with Gasteiger partial charge in [0.05, 0.1) is 19.8 Å². The summed E-state index contributed by atoms with van der Waals surface area (Å²) < 4.78 is 32.8. The SMILES string of the molecule is COC(=O)CCN(C)CCC(OS(C)(=O)=O)c1ccc(C)cc1. The second kappa shape index (κ2) is 9.00. The van der Waals surface area contributed by atoms with Crippen LogP contribution in [0.2, 0.25) is 0 Å². The van der Waals surface area contributed by atoms with Crippen LogP contribution in [-0.4, -0.2) is 52.8 Å². The number of hydrogen-bond donors (Lipinski definition) is 0. The van der Waals surface area contributed by atoms with Crippen molar-refractivity contribution in [3.63, 3.8) is 0 Å². The van der Waals surface area contributed by atoms with Gasteiger partial charge in [0, 0.05) is 13.1 Å².